The van der Waals surface area contributed by atoms with Gasteiger partial charge in [0.15, 0.2) is 0 Å². The Balaban J connectivity index is 1.95. The van der Waals surface area contributed by atoms with Crippen LogP contribution in [0.4, 0.5) is 5.69 Å². The Bertz CT molecular complexity index is 518. The van der Waals surface area contributed by atoms with E-state index in [1.807, 2.05) is 36.4 Å². The van der Waals surface area contributed by atoms with Crippen molar-refractivity contribution >= 4 is 38.7 Å². The Labute approximate surface area is 113 Å². The number of Topliss-reactive ketones (excluding diaryl/α,β-unsaturated/α-hetero) is 1. The third-order valence-electron chi connectivity index (χ3n) is 2.38. The fourth-order valence-corrected chi connectivity index (χ4v) is 3.08. The number of thiophene rings is 1. The Morgan fingerprint density at radius 3 is 2.41 bits per heavy atom. The van der Waals surface area contributed by atoms with Gasteiger partial charge in [-0.3, -0.25) is 4.79 Å². The highest BCUT2D eigenvalue weighted by atomic mass is 79.9. The molecule has 1 heterocycles. The van der Waals surface area contributed by atoms with Crippen LogP contribution in [-0.2, 0) is 17.6 Å². The molecule has 0 radical (unpaired) electrons. The molecular weight excluding hydrogens is 298 g/mol. The highest BCUT2D eigenvalue weighted by Crippen LogP contribution is 2.22. The van der Waals surface area contributed by atoms with E-state index in [1.165, 1.54) is 0 Å². The number of nitrogen functional groups attached to an aromatic ring is 1. The van der Waals surface area contributed by atoms with Gasteiger partial charge < -0.3 is 5.73 Å². The summed E-state index contributed by atoms with van der Waals surface area (Å²) in [6, 6.07) is 11.4. The molecule has 0 fully saturated rings. The molecule has 0 atom stereocenters. The lowest BCUT2D eigenvalue weighted by Crippen LogP contribution is -2.05. The fourth-order valence-electron chi connectivity index (χ4n) is 1.57. The van der Waals surface area contributed by atoms with Crippen molar-refractivity contribution in [3.05, 3.63) is 50.6 Å². The molecule has 4 heteroatoms. The topological polar surface area (TPSA) is 43.1 Å². The minimum atomic E-state index is 0.226. The lowest BCUT2D eigenvalue weighted by atomic mass is 10.1. The number of halogens is 1. The van der Waals surface area contributed by atoms with Crippen LogP contribution in [0.1, 0.15) is 10.4 Å². The molecule has 0 aliphatic heterocycles. The molecule has 88 valence electrons. The first kappa shape index (κ1) is 12.3. The number of hydrogen-bond acceptors (Lipinski definition) is 3. The van der Waals surface area contributed by atoms with Crippen molar-refractivity contribution in [2.45, 2.75) is 12.8 Å². The van der Waals surface area contributed by atoms with Crippen molar-refractivity contribution < 1.29 is 4.79 Å². The maximum absolute atomic E-state index is 11.8. The van der Waals surface area contributed by atoms with Crippen LogP contribution >= 0.6 is 27.3 Å². The number of anilines is 1. The molecule has 2 nitrogen and oxygen atoms in total. The Morgan fingerprint density at radius 1 is 1.12 bits per heavy atom. The van der Waals surface area contributed by atoms with E-state index in [4.69, 9.17) is 5.73 Å². The molecule has 2 N–H and O–H groups in total. The molecule has 0 unspecified atom stereocenters. The normalized spacial score (nSPS) is 10.4. The lowest BCUT2D eigenvalue weighted by molar-refractivity contribution is -0.117. The SMILES string of the molecule is Nc1ccc(CC(=O)Cc2ccc(Br)s2)cc1. The Hall–Kier alpha value is -1.13. The summed E-state index contributed by atoms with van der Waals surface area (Å²) in [6.07, 6.45) is 0.969. The molecule has 0 aliphatic carbocycles. The van der Waals surface area contributed by atoms with Crippen LogP contribution in [0.2, 0.25) is 0 Å². The second-order valence-electron chi connectivity index (χ2n) is 3.84. The second-order valence-corrected chi connectivity index (χ2v) is 6.39. The molecule has 0 aliphatic rings. The number of carbonyl (C=O) groups excluding carboxylic acids is 1. The summed E-state index contributed by atoms with van der Waals surface area (Å²) in [6.45, 7) is 0. The molecule has 0 saturated carbocycles. The number of nitrogens with two attached hydrogens (primary N) is 1. The summed E-state index contributed by atoms with van der Waals surface area (Å²) in [7, 11) is 0. The molecule has 0 bridgehead atoms. The molecule has 0 spiro atoms. The first-order valence-electron chi connectivity index (χ1n) is 5.24. The van der Waals surface area contributed by atoms with E-state index < -0.39 is 0 Å². The highest BCUT2D eigenvalue weighted by Gasteiger charge is 2.07. The second kappa shape index (κ2) is 5.47. The van der Waals surface area contributed by atoms with Crippen LogP contribution in [0.25, 0.3) is 0 Å². The third-order valence-corrected chi connectivity index (χ3v) is 4.00. The lowest BCUT2D eigenvalue weighted by Gasteiger charge is -2.00. The van der Waals surface area contributed by atoms with Gasteiger partial charge in [-0.15, -0.1) is 11.3 Å². The standard InChI is InChI=1S/C13H12BrNOS/c14-13-6-5-12(17-13)8-11(16)7-9-1-3-10(15)4-2-9/h1-6H,7-8,15H2. The smallest absolute Gasteiger partial charge is 0.142 e. The number of benzene rings is 1. The number of ketones is 1. The maximum Gasteiger partial charge on any atom is 0.142 e. The van der Waals surface area contributed by atoms with E-state index >= 15 is 0 Å². The van der Waals surface area contributed by atoms with E-state index in [2.05, 4.69) is 15.9 Å². The average Bonchev–Trinajstić information content (AvgIpc) is 2.67. The largest absolute Gasteiger partial charge is 0.399 e. The van der Waals surface area contributed by atoms with Crippen LogP contribution in [0.5, 0.6) is 0 Å². The first-order valence-corrected chi connectivity index (χ1v) is 6.85. The average molecular weight is 310 g/mol. The minimum absolute atomic E-state index is 0.226. The van der Waals surface area contributed by atoms with Crippen LogP contribution in [0.15, 0.2) is 40.2 Å². The maximum atomic E-state index is 11.8. The van der Waals surface area contributed by atoms with Gasteiger partial charge in [0.1, 0.15) is 5.78 Å². The van der Waals surface area contributed by atoms with E-state index in [1.54, 1.807) is 11.3 Å². The summed E-state index contributed by atoms with van der Waals surface area (Å²) in [5.74, 6) is 0.226. The summed E-state index contributed by atoms with van der Waals surface area (Å²) < 4.78 is 1.06. The van der Waals surface area contributed by atoms with Gasteiger partial charge in [0.2, 0.25) is 0 Å². The molecule has 0 saturated heterocycles. The van der Waals surface area contributed by atoms with Crippen molar-refractivity contribution in [3.63, 3.8) is 0 Å². The van der Waals surface area contributed by atoms with Crippen LogP contribution in [-0.4, -0.2) is 5.78 Å². The minimum Gasteiger partial charge on any atom is -0.399 e. The zero-order valence-electron chi connectivity index (χ0n) is 9.15. The predicted molar refractivity (Wildman–Crippen MR) is 75.3 cm³/mol. The van der Waals surface area contributed by atoms with Crippen molar-refractivity contribution in [2.24, 2.45) is 0 Å². The third kappa shape index (κ3) is 3.68. The van der Waals surface area contributed by atoms with E-state index in [0.717, 1.165) is 19.9 Å². The molecule has 1 aromatic carbocycles. The van der Waals surface area contributed by atoms with Crippen LogP contribution in [0.3, 0.4) is 0 Å². The van der Waals surface area contributed by atoms with Gasteiger partial charge in [-0.05, 0) is 45.8 Å². The number of hydrogen-bond donors (Lipinski definition) is 1. The highest BCUT2D eigenvalue weighted by molar-refractivity contribution is 9.11. The van der Waals surface area contributed by atoms with Crippen molar-refractivity contribution in [3.8, 4) is 0 Å². The van der Waals surface area contributed by atoms with E-state index in [9.17, 15) is 4.79 Å². The predicted octanol–water partition coefficient (Wildman–Crippen LogP) is 3.45. The van der Waals surface area contributed by atoms with Crippen LogP contribution in [0, 0.1) is 0 Å². The number of carbonyl (C=O) groups is 1. The molecule has 1 aromatic heterocycles. The molecular formula is C13H12BrNOS. The number of rotatable bonds is 4. The van der Waals surface area contributed by atoms with Gasteiger partial charge in [-0.25, -0.2) is 0 Å². The van der Waals surface area contributed by atoms with Crippen molar-refractivity contribution in [1.29, 1.82) is 0 Å². The van der Waals surface area contributed by atoms with Crippen LogP contribution < -0.4 is 5.73 Å². The molecule has 17 heavy (non-hydrogen) atoms. The quantitative estimate of drug-likeness (QED) is 0.879. The summed E-state index contributed by atoms with van der Waals surface area (Å²) in [5.41, 5.74) is 7.33. The van der Waals surface area contributed by atoms with Crippen molar-refractivity contribution in [1.82, 2.24) is 0 Å². The summed E-state index contributed by atoms with van der Waals surface area (Å²) >= 11 is 5.00. The van der Waals surface area contributed by atoms with Crippen molar-refractivity contribution in [2.75, 3.05) is 5.73 Å². The summed E-state index contributed by atoms with van der Waals surface area (Å²) in [5, 5.41) is 0. The van der Waals surface area contributed by atoms with Gasteiger partial charge in [0, 0.05) is 23.4 Å². The van der Waals surface area contributed by atoms with Gasteiger partial charge in [-0.2, -0.15) is 0 Å². The fraction of sp³-hybridized carbons (Fsp3) is 0.154. The van der Waals surface area contributed by atoms with Gasteiger partial charge in [0.25, 0.3) is 0 Å². The van der Waals surface area contributed by atoms with E-state index in [0.29, 0.717) is 12.8 Å². The zero-order chi connectivity index (χ0) is 12.3. The Morgan fingerprint density at radius 2 is 1.82 bits per heavy atom. The Kier molecular flexibility index (Phi) is 3.97. The van der Waals surface area contributed by atoms with Gasteiger partial charge in [-0.1, -0.05) is 12.1 Å². The molecule has 2 rings (SSSR count). The molecule has 0 amide bonds. The van der Waals surface area contributed by atoms with Gasteiger partial charge in [0.05, 0.1) is 3.79 Å². The zero-order valence-corrected chi connectivity index (χ0v) is 11.6. The van der Waals surface area contributed by atoms with Gasteiger partial charge >= 0.3 is 0 Å². The first-order chi connectivity index (χ1) is 8.13. The monoisotopic (exact) mass is 309 g/mol. The summed E-state index contributed by atoms with van der Waals surface area (Å²) in [4.78, 5) is 12.9. The molecule has 2 aromatic rings. The van der Waals surface area contributed by atoms with E-state index in [-0.39, 0.29) is 5.78 Å².